The Kier molecular flexibility index (Phi) is 7.19. The SMILES string of the molecule is CCOc1ccccc1N1CCN(C(=O)c2cc(-c3ccc(Cl)cc3)n(-c3cccc(F)c3)c2C)CC1. The molecule has 5 rings (SSSR count). The molecule has 190 valence electrons. The lowest BCUT2D eigenvalue weighted by atomic mass is 10.1. The van der Waals surface area contributed by atoms with Crippen LogP contribution in [0.3, 0.4) is 0 Å². The molecular formula is C30H29ClFN3O2. The monoisotopic (exact) mass is 517 g/mol. The third kappa shape index (κ3) is 5.07. The second kappa shape index (κ2) is 10.7. The van der Waals surface area contributed by atoms with Crippen LogP contribution in [0.15, 0.2) is 78.9 Å². The number of carbonyl (C=O) groups excluding carboxylic acids is 1. The third-order valence-electron chi connectivity index (χ3n) is 6.76. The number of ether oxygens (including phenoxy) is 1. The third-order valence-corrected chi connectivity index (χ3v) is 7.01. The molecule has 7 heteroatoms. The maximum Gasteiger partial charge on any atom is 0.255 e. The minimum Gasteiger partial charge on any atom is -0.492 e. The van der Waals surface area contributed by atoms with E-state index in [1.165, 1.54) is 12.1 Å². The Labute approximate surface area is 221 Å². The Morgan fingerprint density at radius 2 is 1.68 bits per heavy atom. The van der Waals surface area contributed by atoms with Crippen LogP contribution in [0, 0.1) is 12.7 Å². The standard InChI is InChI=1S/C30H29ClFN3O2/c1-3-37-29-10-5-4-9-27(29)33-15-17-34(18-16-33)30(36)26-20-28(22-11-13-23(31)14-12-22)35(21(26)2)25-8-6-7-24(32)19-25/h4-14,19-20H,3,15-18H2,1-2H3. The number of anilines is 1. The molecule has 0 spiro atoms. The van der Waals surface area contributed by atoms with Gasteiger partial charge in [0.25, 0.3) is 5.91 Å². The largest absolute Gasteiger partial charge is 0.492 e. The van der Waals surface area contributed by atoms with Crippen molar-refractivity contribution in [2.75, 3.05) is 37.7 Å². The fourth-order valence-electron chi connectivity index (χ4n) is 4.92. The highest BCUT2D eigenvalue weighted by Gasteiger charge is 2.27. The maximum atomic E-state index is 14.2. The van der Waals surface area contributed by atoms with Crippen molar-refractivity contribution >= 4 is 23.2 Å². The fourth-order valence-corrected chi connectivity index (χ4v) is 5.05. The number of hydrogen-bond donors (Lipinski definition) is 0. The van der Waals surface area contributed by atoms with Gasteiger partial charge in [-0.3, -0.25) is 4.79 Å². The van der Waals surface area contributed by atoms with Crippen molar-refractivity contribution in [3.8, 4) is 22.7 Å². The summed E-state index contributed by atoms with van der Waals surface area (Å²) < 4.78 is 21.9. The van der Waals surface area contributed by atoms with E-state index in [2.05, 4.69) is 11.0 Å². The molecule has 1 fully saturated rings. The molecule has 0 N–H and O–H groups in total. The van der Waals surface area contributed by atoms with Gasteiger partial charge in [-0.1, -0.05) is 41.9 Å². The lowest BCUT2D eigenvalue weighted by Crippen LogP contribution is -2.49. The topological polar surface area (TPSA) is 37.7 Å². The minimum absolute atomic E-state index is 0.0272. The van der Waals surface area contributed by atoms with Crippen LogP contribution in [0.25, 0.3) is 16.9 Å². The smallest absolute Gasteiger partial charge is 0.255 e. The van der Waals surface area contributed by atoms with Crippen LogP contribution in [0.1, 0.15) is 23.0 Å². The van der Waals surface area contributed by atoms with Crippen molar-refractivity contribution in [1.82, 2.24) is 9.47 Å². The number of piperazine rings is 1. The molecule has 0 saturated carbocycles. The van der Waals surface area contributed by atoms with E-state index in [0.29, 0.717) is 49.1 Å². The first-order valence-corrected chi connectivity index (χ1v) is 12.8. The van der Waals surface area contributed by atoms with E-state index in [0.717, 1.165) is 28.4 Å². The van der Waals surface area contributed by atoms with Gasteiger partial charge < -0.3 is 19.1 Å². The normalized spacial score (nSPS) is 13.6. The molecule has 1 aromatic heterocycles. The summed E-state index contributed by atoms with van der Waals surface area (Å²) in [4.78, 5) is 17.9. The Morgan fingerprint density at radius 3 is 2.38 bits per heavy atom. The quantitative estimate of drug-likeness (QED) is 0.289. The predicted octanol–water partition coefficient (Wildman–Crippen LogP) is 6.61. The molecule has 3 aromatic carbocycles. The number of rotatable bonds is 6. The van der Waals surface area contributed by atoms with Gasteiger partial charge in [-0.15, -0.1) is 0 Å². The van der Waals surface area contributed by atoms with Crippen molar-refractivity contribution in [2.45, 2.75) is 13.8 Å². The first-order valence-electron chi connectivity index (χ1n) is 12.5. The molecule has 1 amide bonds. The van der Waals surface area contributed by atoms with Gasteiger partial charge in [0.05, 0.1) is 23.6 Å². The number of benzene rings is 3. The summed E-state index contributed by atoms with van der Waals surface area (Å²) >= 11 is 6.12. The highest BCUT2D eigenvalue weighted by Crippen LogP contribution is 2.32. The van der Waals surface area contributed by atoms with Crippen LogP contribution in [0.2, 0.25) is 5.02 Å². The zero-order valence-corrected chi connectivity index (χ0v) is 21.7. The molecule has 37 heavy (non-hydrogen) atoms. The number of para-hydroxylation sites is 2. The van der Waals surface area contributed by atoms with E-state index < -0.39 is 0 Å². The molecule has 1 aliphatic heterocycles. The number of aromatic nitrogens is 1. The zero-order chi connectivity index (χ0) is 25.9. The Hall–Kier alpha value is -3.77. The molecule has 1 saturated heterocycles. The number of nitrogens with zero attached hydrogens (tertiary/aromatic N) is 3. The van der Waals surface area contributed by atoms with Crippen LogP contribution in [0.4, 0.5) is 10.1 Å². The summed E-state index contributed by atoms with van der Waals surface area (Å²) in [6.45, 7) is 7.11. The van der Waals surface area contributed by atoms with Crippen LogP contribution >= 0.6 is 11.6 Å². The average molecular weight is 518 g/mol. The number of hydrogen-bond acceptors (Lipinski definition) is 3. The zero-order valence-electron chi connectivity index (χ0n) is 21.0. The van der Waals surface area contributed by atoms with Crippen LogP contribution in [-0.4, -0.2) is 48.2 Å². The summed E-state index contributed by atoms with van der Waals surface area (Å²) in [5.74, 6) is 0.505. The Bertz CT molecular complexity index is 1410. The van der Waals surface area contributed by atoms with Gasteiger partial charge in [0, 0.05) is 42.6 Å². The Morgan fingerprint density at radius 1 is 0.946 bits per heavy atom. The summed E-state index contributed by atoms with van der Waals surface area (Å²) in [6, 6.07) is 23.8. The van der Waals surface area contributed by atoms with Gasteiger partial charge in [-0.2, -0.15) is 0 Å². The second-order valence-electron chi connectivity index (χ2n) is 9.03. The molecule has 5 nitrogen and oxygen atoms in total. The van der Waals surface area contributed by atoms with Crippen LogP contribution in [0.5, 0.6) is 5.75 Å². The van der Waals surface area contributed by atoms with E-state index in [1.807, 2.05) is 77.9 Å². The first kappa shape index (κ1) is 24.9. The summed E-state index contributed by atoms with van der Waals surface area (Å²) in [7, 11) is 0. The fraction of sp³-hybridized carbons (Fsp3) is 0.233. The minimum atomic E-state index is -0.330. The number of amides is 1. The highest BCUT2D eigenvalue weighted by molar-refractivity contribution is 6.30. The lowest BCUT2D eigenvalue weighted by Gasteiger charge is -2.36. The van der Waals surface area contributed by atoms with Gasteiger partial charge in [0.2, 0.25) is 0 Å². The van der Waals surface area contributed by atoms with E-state index in [1.54, 1.807) is 6.07 Å². The molecule has 0 radical (unpaired) electrons. The van der Waals surface area contributed by atoms with E-state index in [4.69, 9.17) is 16.3 Å². The van der Waals surface area contributed by atoms with Crippen LogP contribution in [-0.2, 0) is 0 Å². The second-order valence-corrected chi connectivity index (χ2v) is 9.47. The van der Waals surface area contributed by atoms with Gasteiger partial charge in [0.1, 0.15) is 11.6 Å². The number of halogens is 2. The van der Waals surface area contributed by atoms with E-state index >= 15 is 0 Å². The van der Waals surface area contributed by atoms with Crippen molar-refractivity contribution in [2.24, 2.45) is 0 Å². The first-order chi connectivity index (χ1) is 18.0. The van der Waals surface area contributed by atoms with Gasteiger partial charge in [0.15, 0.2) is 0 Å². The molecule has 2 heterocycles. The van der Waals surface area contributed by atoms with E-state index in [-0.39, 0.29) is 11.7 Å². The molecule has 0 atom stereocenters. The highest BCUT2D eigenvalue weighted by atomic mass is 35.5. The van der Waals surface area contributed by atoms with Gasteiger partial charge in [-0.25, -0.2) is 4.39 Å². The Balaban J connectivity index is 1.44. The molecule has 0 bridgehead atoms. The number of carbonyl (C=O) groups is 1. The van der Waals surface area contributed by atoms with Gasteiger partial charge >= 0.3 is 0 Å². The van der Waals surface area contributed by atoms with Crippen LogP contribution < -0.4 is 9.64 Å². The van der Waals surface area contributed by atoms with Crippen molar-refractivity contribution in [3.05, 3.63) is 101 Å². The molecule has 0 unspecified atom stereocenters. The van der Waals surface area contributed by atoms with Crippen molar-refractivity contribution < 1.29 is 13.9 Å². The predicted molar refractivity (Wildman–Crippen MR) is 147 cm³/mol. The van der Waals surface area contributed by atoms with E-state index in [9.17, 15) is 9.18 Å². The summed E-state index contributed by atoms with van der Waals surface area (Å²) in [5.41, 5.74) is 4.80. The summed E-state index contributed by atoms with van der Waals surface area (Å²) in [5, 5.41) is 0.629. The molecule has 4 aromatic rings. The molecular weight excluding hydrogens is 489 g/mol. The van der Waals surface area contributed by atoms with Crippen molar-refractivity contribution in [1.29, 1.82) is 0 Å². The average Bonchev–Trinajstić information content (AvgIpc) is 3.26. The molecule has 1 aliphatic rings. The molecule has 0 aliphatic carbocycles. The lowest BCUT2D eigenvalue weighted by molar-refractivity contribution is 0.0746. The maximum absolute atomic E-state index is 14.2. The van der Waals surface area contributed by atoms with Crippen molar-refractivity contribution in [3.63, 3.8) is 0 Å². The van der Waals surface area contributed by atoms with Gasteiger partial charge in [-0.05, 0) is 67.9 Å². The summed E-state index contributed by atoms with van der Waals surface area (Å²) in [6.07, 6.45) is 0.